The summed E-state index contributed by atoms with van der Waals surface area (Å²) in [7, 11) is 0. The van der Waals surface area contributed by atoms with Gasteiger partial charge in [0.05, 0.1) is 6.04 Å². The van der Waals surface area contributed by atoms with Gasteiger partial charge in [0.25, 0.3) is 0 Å². The lowest BCUT2D eigenvalue weighted by Crippen LogP contribution is -2.27. The molecule has 1 aliphatic rings. The van der Waals surface area contributed by atoms with Crippen molar-refractivity contribution in [1.29, 1.82) is 0 Å². The predicted octanol–water partition coefficient (Wildman–Crippen LogP) is 2.83. The standard InChI is InChI=1S/C15H13F3N2O/c16-12-5-10-11(14(17)15(12)18)7-20(13(10)6-19)8-2-1-3-9(21)4-8/h1-5,13,21H,6-7,19H2. The molecule has 2 aromatic rings. The van der Waals surface area contributed by atoms with Gasteiger partial charge in [-0.2, -0.15) is 0 Å². The summed E-state index contributed by atoms with van der Waals surface area (Å²) in [6, 6.07) is 6.89. The fraction of sp³-hybridized carbons (Fsp3) is 0.200. The lowest BCUT2D eigenvalue weighted by atomic mass is 10.0. The molecule has 0 aliphatic carbocycles. The molecule has 2 aromatic carbocycles. The smallest absolute Gasteiger partial charge is 0.194 e. The van der Waals surface area contributed by atoms with E-state index in [1.165, 1.54) is 12.1 Å². The first-order valence-electron chi connectivity index (χ1n) is 6.45. The number of aromatic hydroxyl groups is 1. The van der Waals surface area contributed by atoms with E-state index in [9.17, 15) is 18.3 Å². The number of hydrogen-bond acceptors (Lipinski definition) is 3. The first-order chi connectivity index (χ1) is 10.0. The Balaban J connectivity index is 2.10. The molecule has 0 saturated carbocycles. The minimum absolute atomic E-state index is 0.0528. The lowest BCUT2D eigenvalue weighted by Gasteiger charge is -2.26. The van der Waals surface area contributed by atoms with Crippen molar-refractivity contribution in [3.05, 3.63) is 58.9 Å². The van der Waals surface area contributed by atoms with Crippen molar-refractivity contribution in [1.82, 2.24) is 0 Å². The van der Waals surface area contributed by atoms with E-state index in [1.54, 1.807) is 17.0 Å². The van der Waals surface area contributed by atoms with Gasteiger partial charge in [0.1, 0.15) is 5.75 Å². The zero-order valence-electron chi connectivity index (χ0n) is 11.0. The molecule has 0 bridgehead atoms. The van der Waals surface area contributed by atoms with Crippen molar-refractivity contribution in [2.24, 2.45) is 5.73 Å². The summed E-state index contributed by atoms with van der Waals surface area (Å²) < 4.78 is 40.7. The number of halogens is 3. The van der Waals surface area contributed by atoms with Gasteiger partial charge in [-0.3, -0.25) is 0 Å². The molecule has 0 radical (unpaired) electrons. The maximum absolute atomic E-state index is 13.9. The Morgan fingerprint density at radius 2 is 1.95 bits per heavy atom. The summed E-state index contributed by atoms with van der Waals surface area (Å²) in [4.78, 5) is 1.71. The van der Waals surface area contributed by atoms with Crippen LogP contribution < -0.4 is 10.6 Å². The van der Waals surface area contributed by atoms with Crippen LogP contribution >= 0.6 is 0 Å². The maximum Gasteiger partial charge on any atom is 0.194 e. The number of phenolic OH excluding ortho intramolecular Hbond substituents is 1. The average Bonchev–Trinajstić information content (AvgIpc) is 2.83. The number of benzene rings is 2. The van der Waals surface area contributed by atoms with Crippen molar-refractivity contribution in [3.8, 4) is 5.75 Å². The Kier molecular flexibility index (Phi) is 3.25. The SMILES string of the molecule is NCC1c2cc(F)c(F)c(F)c2CN1c1cccc(O)c1. The van der Waals surface area contributed by atoms with Crippen LogP contribution in [0.5, 0.6) is 5.75 Å². The van der Waals surface area contributed by atoms with Gasteiger partial charge in [-0.15, -0.1) is 0 Å². The van der Waals surface area contributed by atoms with Crippen LogP contribution in [0.3, 0.4) is 0 Å². The molecule has 3 N–H and O–H groups in total. The van der Waals surface area contributed by atoms with Gasteiger partial charge in [-0.25, -0.2) is 13.2 Å². The van der Waals surface area contributed by atoms with E-state index < -0.39 is 23.5 Å². The zero-order chi connectivity index (χ0) is 15.1. The fourth-order valence-electron chi connectivity index (χ4n) is 2.75. The summed E-state index contributed by atoms with van der Waals surface area (Å²) in [5.41, 5.74) is 6.77. The zero-order valence-corrected chi connectivity index (χ0v) is 11.0. The van der Waals surface area contributed by atoms with E-state index in [0.717, 1.165) is 6.07 Å². The quantitative estimate of drug-likeness (QED) is 0.837. The van der Waals surface area contributed by atoms with Gasteiger partial charge < -0.3 is 15.7 Å². The Morgan fingerprint density at radius 3 is 2.62 bits per heavy atom. The van der Waals surface area contributed by atoms with E-state index in [4.69, 9.17) is 5.73 Å². The van der Waals surface area contributed by atoms with E-state index in [2.05, 4.69) is 0 Å². The Bertz CT molecular complexity index is 706. The predicted molar refractivity (Wildman–Crippen MR) is 72.4 cm³/mol. The van der Waals surface area contributed by atoms with Crippen molar-refractivity contribution < 1.29 is 18.3 Å². The number of hydrogen-bond donors (Lipinski definition) is 2. The highest BCUT2D eigenvalue weighted by Crippen LogP contribution is 2.40. The Hall–Kier alpha value is -2.21. The highest BCUT2D eigenvalue weighted by atomic mass is 19.2. The van der Waals surface area contributed by atoms with Crippen molar-refractivity contribution >= 4 is 5.69 Å². The molecular weight excluding hydrogens is 281 g/mol. The third-order valence-corrected chi connectivity index (χ3v) is 3.75. The van der Waals surface area contributed by atoms with Crippen molar-refractivity contribution in [2.45, 2.75) is 12.6 Å². The second-order valence-electron chi connectivity index (χ2n) is 4.95. The van der Waals surface area contributed by atoms with E-state index >= 15 is 0 Å². The van der Waals surface area contributed by atoms with Crippen LogP contribution in [0, 0.1) is 17.5 Å². The van der Waals surface area contributed by atoms with E-state index in [0.29, 0.717) is 11.3 Å². The lowest BCUT2D eigenvalue weighted by molar-refractivity contribution is 0.441. The first-order valence-corrected chi connectivity index (χ1v) is 6.45. The van der Waals surface area contributed by atoms with Crippen LogP contribution in [0.2, 0.25) is 0 Å². The molecular formula is C15H13F3N2O. The molecule has 0 aromatic heterocycles. The number of nitrogens with two attached hydrogens (primary N) is 1. The number of rotatable bonds is 2. The summed E-state index contributed by atoms with van der Waals surface area (Å²) in [6.45, 7) is 0.191. The molecule has 1 unspecified atom stereocenters. The number of phenols is 1. The normalized spacial score (nSPS) is 17.1. The van der Waals surface area contributed by atoms with Crippen LogP contribution in [-0.2, 0) is 6.54 Å². The largest absolute Gasteiger partial charge is 0.508 e. The summed E-state index contributed by atoms with van der Waals surface area (Å²) in [5.74, 6) is -3.81. The van der Waals surface area contributed by atoms with Gasteiger partial charge >= 0.3 is 0 Å². The second-order valence-corrected chi connectivity index (χ2v) is 4.95. The molecule has 3 rings (SSSR count). The van der Waals surface area contributed by atoms with Crippen molar-refractivity contribution in [3.63, 3.8) is 0 Å². The molecule has 0 fully saturated rings. The summed E-state index contributed by atoms with van der Waals surface area (Å²) >= 11 is 0. The molecule has 110 valence electrons. The Labute approximate surface area is 119 Å². The first kappa shape index (κ1) is 13.8. The highest BCUT2D eigenvalue weighted by Gasteiger charge is 2.34. The van der Waals surface area contributed by atoms with E-state index in [-0.39, 0.29) is 24.4 Å². The van der Waals surface area contributed by atoms with Gasteiger partial charge in [0.2, 0.25) is 0 Å². The molecule has 1 atom stereocenters. The molecule has 0 saturated heterocycles. The molecule has 0 amide bonds. The molecule has 1 aliphatic heterocycles. The third-order valence-electron chi connectivity index (χ3n) is 3.75. The van der Waals surface area contributed by atoms with Gasteiger partial charge in [-0.05, 0) is 23.8 Å². The average molecular weight is 294 g/mol. The highest BCUT2D eigenvalue weighted by molar-refractivity contribution is 5.57. The van der Waals surface area contributed by atoms with E-state index in [1.807, 2.05) is 0 Å². The summed E-state index contributed by atoms with van der Waals surface area (Å²) in [6.07, 6.45) is 0. The molecule has 0 spiro atoms. The van der Waals surface area contributed by atoms with Gasteiger partial charge in [0.15, 0.2) is 17.5 Å². The number of fused-ring (bicyclic) bond motifs is 1. The van der Waals surface area contributed by atoms with Crippen LogP contribution in [-0.4, -0.2) is 11.7 Å². The van der Waals surface area contributed by atoms with Crippen molar-refractivity contribution in [2.75, 3.05) is 11.4 Å². The second kappa shape index (κ2) is 4.96. The van der Waals surface area contributed by atoms with Crippen LogP contribution in [0.15, 0.2) is 30.3 Å². The van der Waals surface area contributed by atoms with Crippen LogP contribution in [0.4, 0.5) is 18.9 Å². The summed E-state index contributed by atoms with van der Waals surface area (Å²) in [5, 5.41) is 9.54. The fourth-order valence-corrected chi connectivity index (χ4v) is 2.75. The number of nitrogens with zero attached hydrogens (tertiary/aromatic N) is 1. The van der Waals surface area contributed by atoms with Crippen LogP contribution in [0.25, 0.3) is 0 Å². The topological polar surface area (TPSA) is 49.5 Å². The molecule has 1 heterocycles. The monoisotopic (exact) mass is 294 g/mol. The van der Waals surface area contributed by atoms with Crippen LogP contribution in [0.1, 0.15) is 17.2 Å². The molecule has 3 nitrogen and oxygen atoms in total. The number of anilines is 1. The van der Waals surface area contributed by atoms with Gasteiger partial charge in [0, 0.05) is 30.4 Å². The molecule has 21 heavy (non-hydrogen) atoms. The maximum atomic E-state index is 13.9. The molecule has 6 heteroatoms. The Morgan fingerprint density at radius 1 is 1.19 bits per heavy atom. The third kappa shape index (κ3) is 2.12. The minimum atomic E-state index is -1.47. The minimum Gasteiger partial charge on any atom is -0.508 e. The van der Waals surface area contributed by atoms with Gasteiger partial charge in [-0.1, -0.05) is 6.07 Å².